The number of ether oxygens (including phenoxy) is 1. The summed E-state index contributed by atoms with van der Waals surface area (Å²) in [6, 6.07) is 2.04. The molecule has 1 saturated heterocycles. The first kappa shape index (κ1) is 15.0. The summed E-state index contributed by atoms with van der Waals surface area (Å²) in [7, 11) is 1.97. The summed E-state index contributed by atoms with van der Waals surface area (Å²) in [5.74, 6) is -0.693. The lowest BCUT2D eigenvalue weighted by Gasteiger charge is -2.30. The van der Waals surface area contributed by atoms with E-state index in [9.17, 15) is 14.5 Å². The van der Waals surface area contributed by atoms with Gasteiger partial charge in [-0.15, -0.1) is 0 Å². The SMILES string of the molecule is CN1CCOC(CNc2cc(F)c(Cl)cc2[N+](=O)[O-])C1. The molecule has 0 radical (unpaired) electrons. The summed E-state index contributed by atoms with van der Waals surface area (Å²) in [5, 5.41) is 13.5. The monoisotopic (exact) mass is 303 g/mol. The minimum Gasteiger partial charge on any atom is -0.377 e. The van der Waals surface area contributed by atoms with Crippen molar-refractivity contribution in [3.8, 4) is 0 Å². The molecule has 1 heterocycles. The molecule has 1 N–H and O–H groups in total. The Hall–Kier alpha value is -1.44. The molecule has 110 valence electrons. The van der Waals surface area contributed by atoms with Crippen molar-refractivity contribution in [1.82, 2.24) is 4.90 Å². The summed E-state index contributed by atoms with van der Waals surface area (Å²) in [6.45, 7) is 2.55. The normalized spacial score (nSPS) is 19.9. The van der Waals surface area contributed by atoms with Gasteiger partial charge in [-0.25, -0.2) is 4.39 Å². The zero-order chi connectivity index (χ0) is 14.7. The van der Waals surface area contributed by atoms with Gasteiger partial charge in [0.05, 0.1) is 22.7 Å². The molecule has 0 aliphatic carbocycles. The highest BCUT2D eigenvalue weighted by Crippen LogP contribution is 2.30. The summed E-state index contributed by atoms with van der Waals surface area (Å²) >= 11 is 5.56. The van der Waals surface area contributed by atoms with Gasteiger partial charge in [-0.05, 0) is 7.05 Å². The molecule has 1 atom stereocenters. The second-order valence-corrected chi connectivity index (χ2v) is 5.08. The van der Waals surface area contributed by atoms with Crippen molar-refractivity contribution in [1.29, 1.82) is 0 Å². The molecule has 1 aliphatic heterocycles. The van der Waals surface area contributed by atoms with Crippen molar-refractivity contribution < 1.29 is 14.1 Å². The lowest BCUT2D eigenvalue weighted by atomic mass is 10.2. The summed E-state index contributed by atoms with van der Waals surface area (Å²) in [6.07, 6.45) is -0.0907. The number of nitrogens with zero attached hydrogens (tertiary/aromatic N) is 2. The molecule has 1 aromatic rings. The number of morpholine rings is 1. The van der Waals surface area contributed by atoms with Crippen LogP contribution in [0.1, 0.15) is 0 Å². The van der Waals surface area contributed by atoms with Crippen molar-refractivity contribution in [2.75, 3.05) is 38.6 Å². The van der Waals surface area contributed by atoms with Gasteiger partial charge in [0.1, 0.15) is 11.5 Å². The highest BCUT2D eigenvalue weighted by atomic mass is 35.5. The highest BCUT2D eigenvalue weighted by Gasteiger charge is 2.21. The first-order valence-corrected chi connectivity index (χ1v) is 6.52. The standard InChI is InChI=1S/C12H15ClFN3O3/c1-16-2-3-20-8(7-16)6-15-11-5-10(14)9(13)4-12(11)17(18)19/h4-5,8,15H,2-3,6-7H2,1H3. The molecular formula is C12H15ClFN3O3. The lowest BCUT2D eigenvalue weighted by Crippen LogP contribution is -2.43. The number of nitro benzene ring substituents is 1. The molecule has 20 heavy (non-hydrogen) atoms. The van der Waals surface area contributed by atoms with E-state index in [1.807, 2.05) is 7.05 Å². The van der Waals surface area contributed by atoms with Gasteiger partial charge in [0, 0.05) is 31.8 Å². The minimum absolute atomic E-state index is 0.0907. The summed E-state index contributed by atoms with van der Waals surface area (Å²) < 4.78 is 18.9. The first-order valence-electron chi connectivity index (χ1n) is 6.15. The van der Waals surface area contributed by atoms with Crippen molar-refractivity contribution in [2.45, 2.75) is 6.10 Å². The maximum Gasteiger partial charge on any atom is 0.294 e. The van der Waals surface area contributed by atoms with Gasteiger partial charge < -0.3 is 15.0 Å². The van der Waals surface area contributed by atoms with Crippen LogP contribution < -0.4 is 5.32 Å². The van der Waals surface area contributed by atoms with E-state index in [0.717, 1.165) is 25.2 Å². The van der Waals surface area contributed by atoms with Crippen molar-refractivity contribution in [2.24, 2.45) is 0 Å². The summed E-state index contributed by atoms with van der Waals surface area (Å²) in [4.78, 5) is 12.4. The summed E-state index contributed by atoms with van der Waals surface area (Å²) in [5.41, 5.74) is -0.144. The van der Waals surface area contributed by atoms with Gasteiger partial charge in [-0.3, -0.25) is 10.1 Å². The van der Waals surface area contributed by atoms with E-state index in [1.54, 1.807) is 0 Å². The van der Waals surface area contributed by atoms with Gasteiger partial charge >= 0.3 is 0 Å². The first-order chi connectivity index (χ1) is 9.47. The predicted octanol–water partition coefficient (Wildman–Crippen LogP) is 2.13. The van der Waals surface area contributed by atoms with Crippen LogP contribution in [0.3, 0.4) is 0 Å². The van der Waals surface area contributed by atoms with Crippen LogP contribution in [0, 0.1) is 15.9 Å². The molecule has 1 aromatic carbocycles. The fraction of sp³-hybridized carbons (Fsp3) is 0.500. The third-order valence-corrected chi connectivity index (χ3v) is 3.39. The van der Waals surface area contributed by atoms with Crippen LogP contribution in [0.25, 0.3) is 0 Å². The Morgan fingerprint density at radius 3 is 3.05 bits per heavy atom. The van der Waals surface area contributed by atoms with Gasteiger partial charge in [-0.1, -0.05) is 11.6 Å². The van der Waals surface area contributed by atoms with Crippen LogP contribution in [0.5, 0.6) is 0 Å². The molecule has 6 nitrogen and oxygen atoms in total. The molecule has 1 fully saturated rings. The van der Waals surface area contributed by atoms with Crippen LogP contribution in [0.15, 0.2) is 12.1 Å². The Bertz CT molecular complexity index is 515. The zero-order valence-corrected chi connectivity index (χ0v) is 11.7. The van der Waals surface area contributed by atoms with Gasteiger partial charge in [0.15, 0.2) is 0 Å². The second kappa shape index (κ2) is 6.34. The Morgan fingerprint density at radius 2 is 2.40 bits per heavy atom. The minimum atomic E-state index is -0.693. The molecule has 2 rings (SSSR count). The number of hydrogen-bond donors (Lipinski definition) is 1. The fourth-order valence-corrected chi connectivity index (χ4v) is 2.20. The van der Waals surface area contributed by atoms with Crippen LogP contribution in [-0.2, 0) is 4.74 Å². The second-order valence-electron chi connectivity index (χ2n) is 4.68. The van der Waals surface area contributed by atoms with Gasteiger partial charge in [0.25, 0.3) is 5.69 Å². The maximum atomic E-state index is 13.4. The Kier molecular flexibility index (Phi) is 4.74. The number of likely N-dealkylation sites (N-methyl/N-ethyl adjacent to an activating group) is 1. The maximum absolute atomic E-state index is 13.4. The van der Waals surface area contributed by atoms with E-state index < -0.39 is 10.7 Å². The molecule has 0 saturated carbocycles. The molecule has 0 bridgehead atoms. The van der Waals surface area contributed by atoms with Gasteiger partial charge in [-0.2, -0.15) is 0 Å². The molecule has 8 heteroatoms. The number of nitrogens with one attached hydrogen (secondary N) is 1. The van der Waals surface area contributed by atoms with Crippen molar-refractivity contribution in [3.05, 3.63) is 33.1 Å². The molecule has 0 spiro atoms. The smallest absolute Gasteiger partial charge is 0.294 e. The van der Waals surface area contributed by atoms with Crippen LogP contribution in [-0.4, -0.2) is 49.2 Å². The average Bonchev–Trinajstić information content (AvgIpc) is 2.39. The highest BCUT2D eigenvalue weighted by molar-refractivity contribution is 6.31. The predicted molar refractivity (Wildman–Crippen MR) is 73.8 cm³/mol. The Balaban J connectivity index is 2.08. The third-order valence-electron chi connectivity index (χ3n) is 3.10. The largest absolute Gasteiger partial charge is 0.377 e. The number of anilines is 1. The molecule has 1 aliphatic rings. The number of benzene rings is 1. The number of nitro groups is 1. The van der Waals surface area contributed by atoms with E-state index in [1.165, 1.54) is 0 Å². The van der Waals surface area contributed by atoms with Crippen molar-refractivity contribution in [3.63, 3.8) is 0 Å². The number of hydrogen-bond acceptors (Lipinski definition) is 5. The van der Waals surface area contributed by atoms with E-state index >= 15 is 0 Å². The van der Waals surface area contributed by atoms with E-state index in [0.29, 0.717) is 13.2 Å². The fourth-order valence-electron chi connectivity index (χ4n) is 2.04. The van der Waals surface area contributed by atoms with E-state index in [4.69, 9.17) is 16.3 Å². The van der Waals surface area contributed by atoms with Crippen molar-refractivity contribution >= 4 is 23.0 Å². The topological polar surface area (TPSA) is 67.6 Å². The van der Waals surface area contributed by atoms with E-state index in [2.05, 4.69) is 10.2 Å². The molecule has 0 aromatic heterocycles. The molecule has 1 unspecified atom stereocenters. The van der Waals surface area contributed by atoms with Crippen LogP contribution >= 0.6 is 11.6 Å². The van der Waals surface area contributed by atoms with Crippen LogP contribution in [0.4, 0.5) is 15.8 Å². The number of halogens is 2. The third kappa shape index (κ3) is 3.56. The quantitative estimate of drug-likeness (QED) is 0.682. The Morgan fingerprint density at radius 1 is 1.65 bits per heavy atom. The zero-order valence-electron chi connectivity index (χ0n) is 10.9. The van der Waals surface area contributed by atoms with Crippen LogP contribution in [0.2, 0.25) is 5.02 Å². The number of rotatable bonds is 4. The lowest BCUT2D eigenvalue weighted by molar-refractivity contribution is -0.384. The molecular weight excluding hydrogens is 289 g/mol. The molecule has 0 amide bonds. The average molecular weight is 304 g/mol. The Labute approximate surface area is 120 Å². The van der Waals surface area contributed by atoms with Gasteiger partial charge in [0.2, 0.25) is 0 Å². The van der Waals surface area contributed by atoms with E-state index in [-0.39, 0.29) is 22.5 Å².